The van der Waals surface area contributed by atoms with Crippen LogP contribution in [0.5, 0.6) is 0 Å². The Hall–Kier alpha value is -1.06. The summed E-state index contributed by atoms with van der Waals surface area (Å²) in [5, 5.41) is 5.58. The van der Waals surface area contributed by atoms with Gasteiger partial charge in [-0.3, -0.25) is 9.59 Å². The highest BCUT2D eigenvalue weighted by molar-refractivity contribution is 6.35. The molecular formula is C38H76N2O2. The number of unbranched alkanes of at least 4 members (excludes halogenated alkanes) is 30. The van der Waals surface area contributed by atoms with Gasteiger partial charge in [0.2, 0.25) is 0 Å². The Bertz CT molecular complexity index is 503. The van der Waals surface area contributed by atoms with Crippen molar-refractivity contribution < 1.29 is 9.59 Å². The first-order valence-corrected chi connectivity index (χ1v) is 19.3. The van der Waals surface area contributed by atoms with Crippen LogP contribution in [0.1, 0.15) is 219 Å². The molecule has 0 radical (unpaired) electrons. The molecule has 42 heavy (non-hydrogen) atoms. The first-order chi connectivity index (χ1) is 20.7. The van der Waals surface area contributed by atoms with Crippen LogP contribution in [-0.4, -0.2) is 24.9 Å². The van der Waals surface area contributed by atoms with Gasteiger partial charge in [0.15, 0.2) is 0 Å². The molecule has 0 atom stereocenters. The lowest BCUT2D eigenvalue weighted by Crippen LogP contribution is -2.40. The Labute approximate surface area is 264 Å². The van der Waals surface area contributed by atoms with Gasteiger partial charge >= 0.3 is 11.8 Å². The lowest BCUT2D eigenvalue weighted by atomic mass is 10.0. The zero-order valence-corrected chi connectivity index (χ0v) is 28.9. The smallest absolute Gasteiger partial charge is 0.309 e. The van der Waals surface area contributed by atoms with Gasteiger partial charge in [-0.15, -0.1) is 0 Å². The maximum atomic E-state index is 12.0. The molecule has 0 spiro atoms. The Morgan fingerprint density at radius 3 is 0.643 bits per heavy atom. The quantitative estimate of drug-likeness (QED) is 0.0576. The molecule has 2 amide bonds. The summed E-state index contributed by atoms with van der Waals surface area (Å²) in [5.41, 5.74) is 0. The fourth-order valence-corrected chi connectivity index (χ4v) is 5.91. The van der Waals surface area contributed by atoms with E-state index < -0.39 is 11.8 Å². The number of amides is 2. The summed E-state index contributed by atoms with van der Waals surface area (Å²) in [6, 6.07) is 0. The van der Waals surface area contributed by atoms with Crippen molar-refractivity contribution in [3.05, 3.63) is 0 Å². The Morgan fingerprint density at radius 1 is 0.286 bits per heavy atom. The van der Waals surface area contributed by atoms with Crippen LogP contribution < -0.4 is 10.6 Å². The normalized spacial score (nSPS) is 11.2. The predicted molar refractivity (Wildman–Crippen MR) is 185 cm³/mol. The third kappa shape index (κ3) is 33.4. The van der Waals surface area contributed by atoms with Crippen molar-refractivity contribution in [1.82, 2.24) is 10.6 Å². The summed E-state index contributed by atoms with van der Waals surface area (Å²) in [5.74, 6) is -0.931. The lowest BCUT2D eigenvalue weighted by molar-refractivity contribution is -0.139. The standard InChI is InChI=1S/C38H76N2O2/c1-3-5-7-9-11-13-15-17-19-21-23-25-27-29-31-33-35-39-37(41)38(42)40-36-34-32-30-28-26-24-22-20-18-16-14-12-10-8-6-4-2/h3-36H2,1-2H3,(H,39,41)(H,40,42). The molecule has 0 aromatic heterocycles. The van der Waals surface area contributed by atoms with Crippen LogP contribution in [0.3, 0.4) is 0 Å². The van der Waals surface area contributed by atoms with Crippen LogP contribution in [0.4, 0.5) is 0 Å². The van der Waals surface area contributed by atoms with Gasteiger partial charge in [-0.1, -0.05) is 206 Å². The molecule has 0 aromatic rings. The van der Waals surface area contributed by atoms with Gasteiger partial charge in [-0.05, 0) is 12.8 Å². The molecule has 0 fully saturated rings. The third-order valence-electron chi connectivity index (χ3n) is 8.84. The van der Waals surface area contributed by atoms with E-state index in [-0.39, 0.29) is 0 Å². The average Bonchev–Trinajstić information content (AvgIpc) is 3.00. The van der Waals surface area contributed by atoms with Crippen molar-refractivity contribution in [3.63, 3.8) is 0 Å². The fraction of sp³-hybridized carbons (Fsp3) is 0.947. The third-order valence-corrected chi connectivity index (χ3v) is 8.84. The van der Waals surface area contributed by atoms with E-state index in [4.69, 9.17) is 0 Å². The number of hydrogen-bond acceptors (Lipinski definition) is 2. The van der Waals surface area contributed by atoms with Crippen LogP contribution in [0.25, 0.3) is 0 Å². The van der Waals surface area contributed by atoms with Crippen LogP contribution in [0.2, 0.25) is 0 Å². The highest BCUT2D eigenvalue weighted by Crippen LogP contribution is 2.15. The molecule has 0 aliphatic heterocycles. The molecule has 250 valence electrons. The van der Waals surface area contributed by atoms with Crippen LogP contribution in [-0.2, 0) is 9.59 Å². The summed E-state index contributed by atoms with van der Waals surface area (Å²) < 4.78 is 0. The van der Waals surface area contributed by atoms with Crippen LogP contribution in [0.15, 0.2) is 0 Å². The van der Waals surface area contributed by atoms with Gasteiger partial charge in [-0.25, -0.2) is 0 Å². The van der Waals surface area contributed by atoms with Crippen LogP contribution in [0, 0.1) is 0 Å². The molecule has 2 N–H and O–H groups in total. The molecule has 0 aromatic carbocycles. The Kier molecular flexibility index (Phi) is 35.2. The Morgan fingerprint density at radius 2 is 0.452 bits per heavy atom. The van der Waals surface area contributed by atoms with Crippen molar-refractivity contribution >= 4 is 11.8 Å². The molecule has 0 aliphatic carbocycles. The zero-order valence-electron chi connectivity index (χ0n) is 28.9. The SMILES string of the molecule is CCCCCCCCCCCCCCCCCCNC(=O)C(=O)NCCCCCCCCCCCCCCCCCC. The van der Waals surface area contributed by atoms with E-state index in [1.54, 1.807) is 0 Å². The number of rotatable bonds is 34. The summed E-state index contributed by atoms with van der Waals surface area (Å²) in [6.07, 6.45) is 42.9. The van der Waals surface area contributed by atoms with Crippen molar-refractivity contribution in [1.29, 1.82) is 0 Å². The summed E-state index contributed by atoms with van der Waals surface area (Å²) in [7, 11) is 0. The monoisotopic (exact) mass is 593 g/mol. The van der Waals surface area contributed by atoms with Gasteiger partial charge < -0.3 is 10.6 Å². The summed E-state index contributed by atoms with van der Waals surface area (Å²) in [4.78, 5) is 24.0. The number of hydrogen-bond donors (Lipinski definition) is 2. The molecule has 0 unspecified atom stereocenters. The summed E-state index contributed by atoms with van der Waals surface area (Å²) in [6.45, 7) is 5.79. The topological polar surface area (TPSA) is 58.2 Å². The van der Waals surface area contributed by atoms with E-state index in [0.29, 0.717) is 13.1 Å². The largest absolute Gasteiger partial charge is 0.348 e. The fourth-order valence-electron chi connectivity index (χ4n) is 5.91. The van der Waals surface area contributed by atoms with Gasteiger partial charge in [0.1, 0.15) is 0 Å². The van der Waals surface area contributed by atoms with E-state index in [0.717, 1.165) is 25.7 Å². The molecule has 0 bridgehead atoms. The molecule has 0 heterocycles. The minimum atomic E-state index is -0.465. The average molecular weight is 593 g/mol. The van der Waals surface area contributed by atoms with E-state index in [1.807, 2.05) is 0 Å². The van der Waals surface area contributed by atoms with Crippen molar-refractivity contribution in [2.75, 3.05) is 13.1 Å². The molecule has 0 saturated heterocycles. The Balaban J connectivity index is 3.27. The molecule has 0 saturated carbocycles. The highest BCUT2D eigenvalue weighted by atomic mass is 16.2. The number of carbonyl (C=O) groups is 2. The van der Waals surface area contributed by atoms with E-state index in [2.05, 4.69) is 24.5 Å². The van der Waals surface area contributed by atoms with Gasteiger partial charge in [0.25, 0.3) is 0 Å². The maximum Gasteiger partial charge on any atom is 0.309 e. The first kappa shape index (κ1) is 40.9. The second kappa shape index (κ2) is 36.1. The zero-order chi connectivity index (χ0) is 30.6. The van der Waals surface area contributed by atoms with Crippen molar-refractivity contribution in [2.24, 2.45) is 0 Å². The second-order valence-corrected chi connectivity index (χ2v) is 13.1. The minimum absolute atomic E-state index is 0.465. The van der Waals surface area contributed by atoms with E-state index in [1.165, 1.54) is 180 Å². The maximum absolute atomic E-state index is 12.0. The number of nitrogens with one attached hydrogen (secondary N) is 2. The predicted octanol–water partition coefficient (Wildman–Crippen LogP) is 11.7. The molecular weight excluding hydrogens is 516 g/mol. The summed E-state index contributed by atoms with van der Waals surface area (Å²) >= 11 is 0. The molecule has 0 rings (SSSR count). The lowest BCUT2D eigenvalue weighted by Gasteiger charge is -2.07. The highest BCUT2D eigenvalue weighted by Gasteiger charge is 2.11. The van der Waals surface area contributed by atoms with Crippen molar-refractivity contribution in [2.45, 2.75) is 219 Å². The van der Waals surface area contributed by atoms with Gasteiger partial charge in [0.05, 0.1) is 0 Å². The minimum Gasteiger partial charge on any atom is -0.348 e. The molecule has 4 nitrogen and oxygen atoms in total. The van der Waals surface area contributed by atoms with E-state index in [9.17, 15) is 9.59 Å². The van der Waals surface area contributed by atoms with Crippen LogP contribution >= 0.6 is 0 Å². The second-order valence-electron chi connectivity index (χ2n) is 13.1. The molecule has 4 heteroatoms. The van der Waals surface area contributed by atoms with Gasteiger partial charge in [-0.2, -0.15) is 0 Å². The van der Waals surface area contributed by atoms with Gasteiger partial charge in [0, 0.05) is 13.1 Å². The number of carbonyl (C=O) groups excluding carboxylic acids is 2. The molecule has 0 aliphatic rings. The van der Waals surface area contributed by atoms with Crippen molar-refractivity contribution in [3.8, 4) is 0 Å². The van der Waals surface area contributed by atoms with E-state index >= 15 is 0 Å². The first-order valence-electron chi connectivity index (χ1n) is 19.3.